The predicted octanol–water partition coefficient (Wildman–Crippen LogP) is 3.81. The number of rotatable bonds is 2. The summed E-state index contributed by atoms with van der Waals surface area (Å²) in [7, 11) is 0. The van der Waals surface area contributed by atoms with E-state index in [0.717, 1.165) is 29.7 Å². The predicted molar refractivity (Wildman–Crippen MR) is 56.2 cm³/mol. The first-order chi connectivity index (χ1) is 6.19. The lowest BCUT2D eigenvalue weighted by Gasteiger charge is -2.06. The smallest absolute Gasteiger partial charge is 0.193 e. The number of hydrogen-bond acceptors (Lipinski definition) is 0. The Morgan fingerprint density at radius 2 is 1.77 bits per heavy atom. The minimum atomic E-state index is 0.819. The molecule has 0 heterocycles. The molecule has 0 radical (unpaired) electrons. The lowest BCUT2D eigenvalue weighted by atomic mass is 10.0. The quantitative estimate of drug-likeness (QED) is 0.599. The summed E-state index contributed by atoms with van der Waals surface area (Å²) in [5.41, 5.74) is 4.39. The summed E-state index contributed by atoms with van der Waals surface area (Å²) >= 11 is 0. The molecule has 0 saturated carbocycles. The van der Waals surface area contributed by atoms with Gasteiger partial charge in [-0.3, -0.25) is 0 Å². The van der Waals surface area contributed by atoms with Crippen molar-refractivity contribution < 1.29 is 0 Å². The van der Waals surface area contributed by atoms with Gasteiger partial charge < -0.3 is 0 Å². The minimum Gasteiger partial charge on any atom is -0.238 e. The molecule has 0 aliphatic heterocycles. The zero-order chi connectivity index (χ0) is 9.84. The van der Waals surface area contributed by atoms with Crippen LogP contribution in [0.5, 0.6) is 0 Å². The standard InChI is InChI=1S/C12H15N/c1-5-6-11-7-9(2)12(13-4)10(3)8-11/h7-8H,5-6H2,1-3H3. The highest BCUT2D eigenvalue weighted by atomic mass is 14.6. The zero-order valence-corrected chi connectivity index (χ0v) is 8.52. The van der Waals surface area contributed by atoms with E-state index in [9.17, 15) is 0 Å². The molecule has 1 rings (SSSR count). The Kier molecular flexibility index (Phi) is 3.08. The molecule has 0 N–H and O–H groups in total. The van der Waals surface area contributed by atoms with E-state index in [0.29, 0.717) is 0 Å². The van der Waals surface area contributed by atoms with Crippen LogP contribution in [-0.2, 0) is 6.42 Å². The second-order valence-electron chi connectivity index (χ2n) is 3.44. The zero-order valence-electron chi connectivity index (χ0n) is 8.52. The molecule has 0 unspecified atom stereocenters. The third kappa shape index (κ3) is 2.09. The van der Waals surface area contributed by atoms with Crippen LogP contribution in [0.4, 0.5) is 5.69 Å². The van der Waals surface area contributed by atoms with Crippen molar-refractivity contribution in [2.24, 2.45) is 0 Å². The van der Waals surface area contributed by atoms with Crippen molar-refractivity contribution in [3.63, 3.8) is 0 Å². The van der Waals surface area contributed by atoms with Crippen LogP contribution in [0.1, 0.15) is 30.0 Å². The van der Waals surface area contributed by atoms with Gasteiger partial charge in [0.15, 0.2) is 5.69 Å². The average molecular weight is 173 g/mol. The van der Waals surface area contributed by atoms with Crippen LogP contribution in [0, 0.1) is 20.4 Å². The van der Waals surface area contributed by atoms with Crippen LogP contribution in [-0.4, -0.2) is 0 Å². The molecule has 1 heteroatoms. The van der Waals surface area contributed by atoms with Gasteiger partial charge in [0.25, 0.3) is 0 Å². The molecule has 0 bridgehead atoms. The topological polar surface area (TPSA) is 4.36 Å². The highest BCUT2D eigenvalue weighted by Gasteiger charge is 2.03. The van der Waals surface area contributed by atoms with Crippen LogP contribution < -0.4 is 0 Å². The molecule has 0 fully saturated rings. The third-order valence-corrected chi connectivity index (χ3v) is 2.20. The number of nitrogens with zero attached hydrogens (tertiary/aromatic N) is 1. The fraction of sp³-hybridized carbons (Fsp3) is 0.417. The van der Waals surface area contributed by atoms with Crippen molar-refractivity contribution in [3.8, 4) is 0 Å². The number of hydrogen-bond donors (Lipinski definition) is 0. The fourth-order valence-corrected chi connectivity index (χ4v) is 1.65. The molecular formula is C12H15N. The largest absolute Gasteiger partial charge is 0.238 e. The Labute approximate surface area is 80.2 Å². The van der Waals surface area contributed by atoms with Crippen molar-refractivity contribution in [1.29, 1.82) is 0 Å². The van der Waals surface area contributed by atoms with Gasteiger partial charge in [0.2, 0.25) is 0 Å². The molecule has 0 aromatic heterocycles. The molecule has 68 valence electrons. The van der Waals surface area contributed by atoms with Gasteiger partial charge in [0.05, 0.1) is 6.57 Å². The first kappa shape index (κ1) is 9.80. The van der Waals surface area contributed by atoms with Gasteiger partial charge in [0.1, 0.15) is 0 Å². The summed E-state index contributed by atoms with van der Waals surface area (Å²) in [5, 5.41) is 0. The van der Waals surface area contributed by atoms with Crippen molar-refractivity contribution in [2.75, 3.05) is 0 Å². The maximum Gasteiger partial charge on any atom is 0.193 e. The van der Waals surface area contributed by atoms with Gasteiger partial charge in [-0.1, -0.05) is 31.0 Å². The lowest BCUT2D eigenvalue weighted by Crippen LogP contribution is -1.87. The van der Waals surface area contributed by atoms with Crippen LogP contribution in [0.15, 0.2) is 12.1 Å². The highest BCUT2D eigenvalue weighted by molar-refractivity contribution is 5.59. The number of benzene rings is 1. The molecule has 1 nitrogen and oxygen atoms in total. The summed E-state index contributed by atoms with van der Waals surface area (Å²) in [6.07, 6.45) is 2.27. The molecule has 1 aromatic rings. The Morgan fingerprint density at radius 1 is 1.23 bits per heavy atom. The van der Waals surface area contributed by atoms with Crippen molar-refractivity contribution in [2.45, 2.75) is 33.6 Å². The van der Waals surface area contributed by atoms with Gasteiger partial charge in [0, 0.05) is 0 Å². The monoisotopic (exact) mass is 173 g/mol. The maximum absolute atomic E-state index is 7.02. The van der Waals surface area contributed by atoms with E-state index in [-0.39, 0.29) is 0 Å². The summed E-state index contributed by atoms with van der Waals surface area (Å²) in [6, 6.07) is 4.26. The molecule has 13 heavy (non-hydrogen) atoms. The Bertz CT molecular complexity index is 322. The van der Waals surface area contributed by atoms with Crippen LogP contribution >= 0.6 is 0 Å². The van der Waals surface area contributed by atoms with E-state index < -0.39 is 0 Å². The molecular weight excluding hydrogens is 158 g/mol. The summed E-state index contributed by atoms with van der Waals surface area (Å²) in [5.74, 6) is 0. The van der Waals surface area contributed by atoms with Crippen LogP contribution in [0.2, 0.25) is 0 Å². The maximum atomic E-state index is 7.02. The highest BCUT2D eigenvalue weighted by Crippen LogP contribution is 2.25. The molecule has 0 saturated heterocycles. The van der Waals surface area contributed by atoms with E-state index in [1.807, 2.05) is 13.8 Å². The Morgan fingerprint density at radius 3 is 2.15 bits per heavy atom. The second kappa shape index (κ2) is 4.09. The fourth-order valence-electron chi connectivity index (χ4n) is 1.65. The van der Waals surface area contributed by atoms with Crippen molar-refractivity contribution >= 4 is 5.69 Å². The normalized spacial score (nSPS) is 9.69. The second-order valence-corrected chi connectivity index (χ2v) is 3.44. The van der Waals surface area contributed by atoms with Crippen LogP contribution in [0.25, 0.3) is 4.85 Å². The molecule has 1 aromatic carbocycles. The van der Waals surface area contributed by atoms with Gasteiger partial charge in [-0.2, -0.15) is 0 Å². The molecule has 0 aliphatic rings. The Balaban J connectivity index is 3.14. The minimum absolute atomic E-state index is 0.819. The van der Waals surface area contributed by atoms with Crippen LogP contribution in [0.3, 0.4) is 0 Å². The van der Waals surface area contributed by atoms with E-state index in [2.05, 4.69) is 23.9 Å². The summed E-state index contributed by atoms with van der Waals surface area (Å²) in [4.78, 5) is 3.52. The summed E-state index contributed by atoms with van der Waals surface area (Å²) < 4.78 is 0. The Hall–Kier alpha value is -1.29. The van der Waals surface area contributed by atoms with E-state index >= 15 is 0 Å². The van der Waals surface area contributed by atoms with E-state index in [1.165, 1.54) is 5.56 Å². The average Bonchev–Trinajstić information content (AvgIpc) is 2.04. The molecule has 0 amide bonds. The summed E-state index contributed by atoms with van der Waals surface area (Å²) in [6.45, 7) is 13.2. The van der Waals surface area contributed by atoms with Crippen molar-refractivity contribution in [3.05, 3.63) is 40.2 Å². The molecule has 0 atom stereocenters. The van der Waals surface area contributed by atoms with Gasteiger partial charge in [-0.15, -0.1) is 0 Å². The SMILES string of the molecule is [C-]#[N+]c1c(C)cc(CCC)cc1C. The van der Waals surface area contributed by atoms with Gasteiger partial charge in [-0.05, 0) is 31.4 Å². The molecule has 0 aliphatic carbocycles. The van der Waals surface area contributed by atoms with E-state index in [4.69, 9.17) is 6.57 Å². The first-order valence-corrected chi connectivity index (χ1v) is 4.66. The van der Waals surface area contributed by atoms with E-state index in [1.54, 1.807) is 0 Å². The van der Waals surface area contributed by atoms with Crippen molar-refractivity contribution in [1.82, 2.24) is 0 Å². The third-order valence-electron chi connectivity index (χ3n) is 2.20. The van der Waals surface area contributed by atoms with Gasteiger partial charge >= 0.3 is 0 Å². The first-order valence-electron chi connectivity index (χ1n) is 4.66. The number of aryl methyl sites for hydroxylation is 3. The van der Waals surface area contributed by atoms with Gasteiger partial charge in [-0.25, -0.2) is 4.85 Å². The molecule has 0 spiro atoms. The lowest BCUT2D eigenvalue weighted by molar-refractivity contribution is 0.919.